The van der Waals surface area contributed by atoms with Crippen LogP contribution in [0.3, 0.4) is 0 Å². The average molecular weight is 985 g/mol. The summed E-state index contributed by atoms with van der Waals surface area (Å²) in [5.41, 5.74) is 0. The van der Waals surface area contributed by atoms with E-state index in [-0.39, 0.29) is 18.9 Å². The van der Waals surface area contributed by atoms with Crippen LogP contribution in [0.1, 0.15) is 251 Å². The van der Waals surface area contributed by atoms with Crippen molar-refractivity contribution in [1.29, 1.82) is 0 Å². The number of aliphatic hydroxyl groups excluding tert-OH is 5. The molecular weight excluding hydrogens is 875 g/mol. The van der Waals surface area contributed by atoms with E-state index in [1.165, 1.54) is 167 Å². The average Bonchev–Trinajstić information content (AvgIpc) is 3.36. The van der Waals surface area contributed by atoms with Gasteiger partial charge < -0.3 is 40.3 Å². The first-order valence-electron chi connectivity index (χ1n) is 29.2. The molecule has 7 unspecified atom stereocenters. The van der Waals surface area contributed by atoms with Gasteiger partial charge in [0.2, 0.25) is 5.91 Å². The third-order valence-corrected chi connectivity index (χ3v) is 13.5. The predicted octanol–water partition coefficient (Wildman–Crippen LogP) is 14.5. The molecule has 0 bridgehead atoms. The molecule has 0 aromatic rings. The quantitative estimate of drug-likeness (QED) is 0.0261. The van der Waals surface area contributed by atoms with Crippen molar-refractivity contribution in [3.05, 3.63) is 72.9 Å². The molecule has 0 radical (unpaired) electrons. The SMILES string of the molecule is CC/C=C\C/C=C\C/C=C\C/C=C\C/C=C\CCCC(=O)NC(COC1OC(CO)C(O)C(O)C1O)C(O)/C=C/CCCCCCCCCCCCCCCCCCCCCCCCCCCCCC. The van der Waals surface area contributed by atoms with Gasteiger partial charge in [-0.3, -0.25) is 4.79 Å². The van der Waals surface area contributed by atoms with Crippen LogP contribution in [-0.4, -0.2) is 87.5 Å². The normalized spacial score (nSPS) is 19.9. The molecular formula is C61H109NO8. The van der Waals surface area contributed by atoms with Crippen LogP contribution < -0.4 is 5.32 Å². The van der Waals surface area contributed by atoms with E-state index in [1.807, 2.05) is 6.08 Å². The number of carbonyl (C=O) groups excluding carboxylic acids is 1. The first kappa shape index (κ1) is 65.6. The molecule has 1 heterocycles. The summed E-state index contributed by atoms with van der Waals surface area (Å²) in [5, 5.41) is 54.4. The van der Waals surface area contributed by atoms with Gasteiger partial charge in [-0.1, -0.05) is 260 Å². The number of ether oxygens (including phenoxy) is 2. The van der Waals surface area contributed by atoms with Crippen LogP contribution >= 0.6 is 0 Å². The second-order valence-corrected chi connectivity index (χ2v) is 20.1. The molecule has 0 aromatic heterocycles. The topological polar surface area (TPSA) is 149 Å². The molecule has 1 fully saturated rings. The Hall–Kier alpha value is -2.37. The second-order valence-electron chi connectivity index (χ2n) is 20.1. The van der Waals surface area contributed by atoms with E-state index in [1.54, 1.807) is 6.08 Å². The fourth-order valence-corrected chi connectivity index (χ4v) is 8.96. The summed E-state index contributed by atoms with van der Waals surface area (Å²) in [4.78, 5) is 13.0. The Morgan fingerprint density at radius 2 is 0.886 bits per heavy atom. The third kappa shape index (κ3) is 39.2. The van der Waals surface area contributed by atoms with E-state index in [9.17, 15) is 30.3 Å². The van der Waals surface area contributed by atoms with Gasteiger partial charge in [-0.25, -0.2) is 0 Å². The van der Waals surface area contributed by atoms with Crippen LogP contribution in [0.25, 0.3) is 0 Å². The van der Waals surface area contributed by atoms with E-state index in [2.05, 4.69) is 79.9 Å². The first-order valence-corrected chi connectivity index (χ1v) is 29.2. The van der Waals surface area contributed by atoms with E-state index in [0.29, 0.717) is 6.42 Å². The van der Waals surface area contributed by atoms with Gasteiger partial charge in [0.15, 0.2) is 6.29 Å². The van der Waals surface area contributed by atoms with Gasteiger partial charge in [0.05, 0.1) is 25.4 Å². The molecule has 1 aliphatic rings. The third-order valence-electron chi connectivity index (χ3n) is 13.5. The zero-order valence-electron chi connectivity index (χ0n) is 45.0. The molecule has 1 aliphatic heterocycles. The number of nitrogens with one attached hydrogen (secondary N) is 1. The lowest BCUT2D eigenvalue weighted by molar-refractivity contribution is -0.302. The molecule has 0 aliphatic carbocycles. The number of carbonyl (C=O) groups is 1. The van der Waals surface area contributed by atoms with Crippen LogP contribution in [0.2, 0.25) is 0 Å². The summed E-state index contributed by atoms with van der Waals surface area (Å²) in [7, 11) is 0. The van der Waals surface area contributed by atoms with Crippen molar-refractivity contribution in [2.75, 3.05) is 13.2 Å². The number of hydrogen-bond donors (Lipinski definition) is 6. The van der Waals surface area contributed by atoms with Crippen molar-refractivity contribution >= 4 is 5.91 Å². The fraction of sp³-hybridized carbons (Fsp3) is 0.787. The number of unbranched alkanes of at least 4 members (excludes halogenated alkanes) is 29. The van der Waals surface area contributed by atoms with Gasteiger partial charge in [0.1, 0.15) is 24.4 Å². The highest BCUT2D eigenvalue weighted by molar-refractivity contribution is 5.76. The molecule has 406 valence electrons. The summed E-state index contributed by atoms with van der Waals surface area (Å²) in [5.74, 6) is -0.233. The van der Waals surface area contributed by atoms with E-state index >= 15 is 0 Å². The van der Waals surface area contributed by atoms with Crippen LogP contribution in [0.4, 0.5) is 0 Å². The molecule has 1 saturated heterocycles. The van der Waals surface area contributed by atoms with Gasteiger partial charge in [-0.15, -0.1) is 0 Å². The summed E-state index contributed by atoms with van der Waals surface area (Å²) in [6, 6.07) is -0.839. The van der Waals surface area contributed by atoms with E-state index in [0.717, 1.165) is 57.8 Å². The Balaban J connectivity index is 2.21. The lowest BCUT2D eigenvalue weighted by Crippen LogP contribution is -2.60. The molecule has 7 atom stereocenters. The smallest absolute Gasteiger partial charge is 0.220 e. The lowest BCUT2D eigenvalue weighted by Gasteiger charge is -2.40. The zero-order chi connectivity index (χ0) is 50.8. The molecule has 1 rings (SSSR count). The molecule has 0 spiro atoms. The summed E-state index contributed by atoms with van der Waals surface area (Å²) in [6.45, 7) is 3.64. The number of allylic oxidation sites excluding steroid dienone is 11. The molecule has 6 N–H and O–H groups in total. The summed E-state index contributed by atoms with van der Waals surface area (Å²) >= 11 is 0. The van der Waals surface area contributed by atoms with Crippen LogP contribution in [0, 0.1) is 0 Å². The van der Waals surface area contributed by atoms with Crippen molar-refractivity contribution in [3.8, 4) is 0 Å². The highest BCUT2D eigenvalue weighted by atomic mass is 16.7. The lowest BCUT2D eigenvalue weighted by atomic mass is 9.99. The molecule has 1 amide bonds. The first-order chi connectivity index (χ1) is 34.3. The van der Waals surface area contributed by atoms with Gasteiger partial charge in [0, 0.05) is 6.42 Å². The van der Waals surface area contributed by atoms with Gasteiger partial charge in [-0.2, -0.15) is 0 Å². The van der Waals surface area contributed by atoms with Crippen molar-refractivity contribution in [3.63, 3.8) is 0 Å². The Morgan fingerprint density at radius 3 is 1.30 bits per heavy atom. The minimum atomic E-state index is -1.58. The highest BCUT2D eigenvalue weighted by Crippen LogP contribution is 2.23. The predicted molar refractivity (Wildman–Crippen MR) is 295 cm³/mol. The Kier molecular flexibility index (Phi) is 47.1. The minimum absolute atomic E-state index is 0.214. The fourth-order valence-electron chi connectivity index (χ4n) is 8.96. The summed E-state index contributed by atoms with van der Waals surface area (Å²) < 4.78 is 11.2. The van der Waals surface area contributed by atoms with Crippen molar-refractivity contribution in [2.45, 2.75) is 294 Å². The van der Waals surface area contributed by atoms with Crippen molar-refractivity contribution in [2.24, 2.45) is 0 Å². The maximum atomic E-state index is 13.0. The monoisotopic (exact) mass is 984 g/mol. The van der Waals surface area contributed by atoms with Crippen molar-refractivity contribution < 1.29 is 39.8 Å². The molecule has 0 saturated carbocycles. The standard InChI is InChI=1S/C61H109NO8/c1-3-5-7-9-11-13-15-17-19-21-22-23-24-25-26-27-28-29-30-31-32-33-35-36-38-40-42-44-46-48-50-55(64)54(53-69-61-60(68)59(67)58(66)56(52-63)70-61)62-57(65)51-49-47-45-43-41-39-37-34-20-18-16-14-12-10-8-6-4-2/h6,8,12,14,18,20,37,39,43,45,48,50,54-56,58-61,63-64,66-68H,3-5,7,9-11,13,15-17,19,21-36,38,40-42,44,46-47,49,51-53H2,1-2H3,(H,62,65)/b8-6-,14-12-,20-18-,39-37-,45-43-,50-48+. The second kappa shape index (κ2) is 50.2. The van der Waals surface area contributed by atoms with Crippen molar-refractivity contribution in [1.82, 2.24) is 5.32 Å². The number of aliphatic hydroxyl groups is 5. The molecule has 9 nitrogen and oxygen atoms in total. The number of hydrogen-bond acceptors (Lipinski definition) is 8. The molecule has 9 heteroatoms. The van der Waals surface area contributed by atoms with Crippen LogP contribution in [-0.2, 0) is 14.3 Å². The van der Waals surface area contributed by atoms with Crippen LogP contribution in [0.15, 0.2) is 72.9 Å². The maximum absolute atomic E-state index is 13.0. The molecule has 70 heavy (non-hydrogen) atoms. The van der Waals surface area contributed by atoms with Gasteiger partial charge in [0.25, 0.3) is 0 Å². The van der Waals surface area contributed by atoms with Gasteiger partial charge >= 0.3 is 0 Å². The largest absolute Gasteiger partial charge is 0.394 e. The number of amides is 1. The maximum Gasteiger partial charge on any atom is 0.220 e. The van der Waals surface area contributed by atoms with E-state index < -0.39 is 49.5 Å². The number of rotatable bonds is 49. The van der Waals surface area contributed by atoms with Gasteiger partial charge in [-0.05, 0) is 57.8 Å². The van der Waals surface area contributed by atoms with Crippen LogP contribution in [0.5, 0.6) is 0 Å². The summed E-state index contributed by atoms with van der Waals surface area (Å²) in [6.07, 6.45) is 62.8. The Labute approximate surface area is 429 Å². The Morgan fingerprint density at radius 1 is 0.500 bits per heavy atom. The van der Waals surface area contributed by atoms with E-state index in [4.69, 9.17) is 9.47 Å². The highest BCUT2D eigenvalue weighted by Gasteiger charge is 2.44. The minimum Gasteiger partial charge on any atom is -0.394 e. The Bertz CT molecular complexity index is 1330. The molecule has 0 aromatic carbocycles. The zero-order valence-corrected chi connectivity index (χ0v) is 45.0.